The van der Waals surface area contributed by atoms with Crippen LogP contribution in [-0.2, 0) is 9.59 Å². The van der Waals surface area contributed by atoms with Gasteiger partial charge < -0.3 is 10.6 Å². The molecule has 0 aliphatic rings. The Morgan fingerprint density at radius 3 is 2.30 bits per heavy atom. The highest BCUT2D eigenvalue weighted by molar-refractivity contribution is 6.44. The number of carbonyl (C=O) groups excluding carboxylic acids is 2. The summed E-state index contributed by atoms with van der Waals surface area (Å²) >= 11 is 11.9. The Morgan fingerprint density at radius 2 is 1.75 bits per heavy atom. The maximum Gasteiger partial charge on any atom is 0.239 e. The standard InChI is InChI=1S/C14H18Cl2N2O2/c1-8(2)17-12(19)14(3,4)13(20)18-10-7-5-6-9(15)11(10)16/h5-8H,1-4H3,(H,17,19)(H,18,20). The maximum atomic E-state index is 12.2. The van der Waals surface area contributed by atoms with Crippen LogP contribution in [0.15, 0.2) is 18.2 Å². The molecule has 0 aliphatic heterocycles. The molecule has 1 aromatic rings. The van der Waals surface area contributed by atoms with Crippen LogP contribution in [0.5, 0.6) is 0 Å². The fraction of sp³-hybridized carbons (Fsp3) is 0.429. The van der Waals surface area contributed by atoms with Crippen molar-refractivity contribution in [3.63, 3.8) is 0 Å². The van der Waals surface area contributed by atoms with E-state index in [-0.39, 0.29) is 17.0 Å². The third kappa shape index (κ3) is 3.87. The second kappa shape index (κ2) is 6.46. The van der Waals surface area contributed by atoms with Gasteiger partial charge in [0.1, 0.15) is 5.41 Å². The van der Waals surface area contributed by atoms with Crippen molar-refractivity contribution in [2.24, 2.45) is 5.41 Å². The molecule has 1 aromatic carbocycles. The fourth-order valence-corrected chi connectivity index (χ4v) is 1.77. The monoisotopic (exact) mass is 316 g/mol. The minimum absolute atomic E-state index is 0.0377. The van der Waals surface area contributed by atoms with Gasteiger partial charge in [0.25, 0.3) is 0 Å². The number of benzene rings is 1. The number of halogens is 2. The van der Waals surface area contributed by atoms with Crippen molar-refractivity contribution >= 4 is 40.7 Å². The summed E-state index contributed by atoms with van der Waals surface area (Å²) in [5.74, 6) is -0.789. The number of rotatable bonds is 4. The highest BCUT2D eigenvalue weighted by Gasteiger charge is 2.36. The highest BCUT2D eigenvalue weighted by atomic mass is 35.5. The topological polar surface area (TPSA) is 58.2 Å². The second-order valence-electron chi connectivity index (χ2n) is 5.31. The first-order valence-corrected chi connectivity index (χ1v) is 6.98. The van der Waals surface area contributed by atoms with E-state index in [9.17, 15) is 9.59 Å². The lowest BCUT2D eigenvalue weighted by Crippen LogP contribution is -2.47. The number of hydrogen-bond donors (Lipinski definition) is 2. The van der Waals surface area contributed by atoms with Gasteiger partial charge in [-0.2, -0.15) is 0 Å². The molecule has 0 spiro atoms. The van der Waals surface area contributed by atoms with Crippen LogP contribution < -0.4 is 10.6 Å². The van der Waals surface area contributed by atoms with E-state index >= 15 is 0 Å². The Bertz CT molecular complexity index is 528. The van der Waals surface area contributed by atoms with E-state index < -0.39 is 11.3 Å². The molecule has 0 fully saturated rings. The molecule has 0 atom stereocenters. The Kier molecular flexibility index (Phi) is 5.42. The molecule has 0 aromatic heterocycles. The SMILES string of the molecule is CC(C)NC(=O)C(C)(C)C(=O)Nc1cccc(Cl)c1Cl. The van der Waals surface area contributed by atoms with Gasteiger partial charge in [-0.15, -0.1) is 0 Å². The number of carbonyl (C=O) groups is 2. The van der Waals surface area contributed by atoms with E-state index in [1.165, 1.54) is 0 Å². The fourth-order valence-electron chi connectivity index (χ4n) is 1.42. The predicted octanol–water partition coefficient (Wildman–Crippen LogP) is 3.48. The third-order valence-electron chi connectivity index (χ3n) is 2.75. The first-order chi connectivity index (χ1) is 9.16. The Balaban J connectivity index is 2.89. The number of anilines is 1. The summed E-state index contributed by atoms with van der Waals surface area (Å²) in [4.78, 5) is 24.3. The van der Waals surface area contributed by atoms with Crippen molar-refractivity contribution in [2.45, 2.75) is 33.7 Å². The lowest BCUT2D eigenvalue weighted by Gasteiger charge is -2.24. The summed E-state index contributed by atoms with van der Waals surface area (Å²) < 4.78 is 0. The van der Waals surface area contributed by atoms with Crippen LogP contribution in [0.4, 0.5) is 5.69 Å². The van der Waals surface area contributed by atoms with E-state index in [4.69, 9.17) is 23.2 Å². The van der Waals surface area contributed by atoms with Gasteiger partial charge in [-0.1, -0.05) is 29.3 Å². The molecule has 2 amide bonds. The normalized spacial score (nSPS) is 11.3. The van der Waals surface area contributed by atoms with E-state index in [2.05, 4.69) is 10.6 Å². The maximum absolute atomic E-state index is 12.2. The van der Waals surface area contributed by atoms with Crippen molar-refractivity contribution in [1.29, 1.82) is 0 Å². The number of hydrogen-bond acceptors (Lipinski definition) is 2. The van der Waals surface area contributed by atoms with Gasteiger partial charge in [-0.25, -0.2) is 0 Å². The van der Waals surface area contributed by atoms with Crippen LogP contribution in [0.25, 0.3) is 0 Å². The zero-order valence-electron chi connectivity index (χ0n) is 11.9. The minimum Gasteiger partial charge on any atom is -0.353 e. The van der Waals surface area contributed by atoms with Crippen molar-refractivity contribution in [3.8, 4) is 0 Å². The lowest BCUT2D eigenvalue weighted by molar-refractivity contribution is -0.138. The van der Waals surface area contributed by atoms with E-state index in [1.54, 1.807) is 32.0 Å². The first kappa shape index (κ1) is 16.8. The number of nitrogens with one attached hydrogen (secondary N) is 2. The molecule has 0 bridgehead atoms. The molecule has 0 radical (unpaired) electrons. The van der Waals surface area contributed by atoms with Crippen molar-refractivity contribution in [2.75, 3.05) is 5.32 Å². The molecule has 0 saturated carbocycles. The zero-order chi connectivity index (χ0) is 15.5. The zero-order valence-corrected chi connectivity index (χ0v) is 13.4. The first-order valence-electron chi connectivity index (χ1n) is 6.22. The van der Waals surface area contributed by atoms with Gasteiger partial charge in [0.15, 0.2) is 0 Å². The highest BCUT2D eigenvalue weighted by Crippen LogP contribution is 2.30. The van der Waals surface area contributed by atoms with Gasteiger partial charge in [-0.3, -0.25) is 9.59 Å². The van der Waals surface area contributed by atoms with Crippen molar-refractivity contribution in [3.05, 3.63) is 28.2 Å². The van der Waals surface area contributed by atoms with Crippen LogP contribution in [0.1, 0.15) is 27.7 Å². The smallest absolute Gasteiger partial charge is 0.239 e. The third-order valence-corrected chi connectivity index (χ3v) is 3.57. The summed E-state index contributed by atoms with van der Waals surface area (Å²) in [7, 11) is 0. The second-order valence-corrected chi connectivity index (χ2v) is 6.09. The molecule has 0 saturated heterocycles. The van der Waals surface area contributed by atoms with E-state index in [0.29, 0.717) is 10.7 Å². The molecule has 2 N–H and O–H groups in total. The molecule has 0 heterocycles. The quantitative estimate of drug-likeness (QED) is 0.835. The summed E-state index contributed by atoms with van der Waals surface area (Å²) in [5.41, 5.74) is -0.829. The van der Waals surface area contributed by atoms with Gasteiger partial charge in [0.05, 0.1) is 15.7 Å². The van der Waals surface area contributed by atoms with E-state index in [1.807, 2.05) is 13.8 Å². The van der Waals surface area contributed by atoms with Gasteiger partial charge in [0, 0.05) is 6.04 Å². The molecule has 110 valence electrons. The Labute approximate surface area is 128 Å². The van der Waals surface area contributed by atoms with Crippen LogP contribution in [-0.4, -0.2) is 17.9 Å². The Hall–Kier alpha value is -1.26. The van der Waals surface area contributed by atoms with Gasteiger partial charge in [-0.05, 0) is 39.8 Å². The molecule has 1 rings (SSSR count). The summed E-state index contributed by atoms with van der Waals surface area (Å²) in [6.45, 7) is 6.77. The predicted molar refractivity (Wildman–Crippen MR) is 82.2 cm³/mol. The molecular formula is C14H18Cl2N2O2. The summed E-state index contributed by atoms with van der Waals surface area (Å²) in [6, 6.07) is 4.88. The number of amides is 2. The van der Waals surface area contributed by atoms with Crippen molar-refractivity contribution < 1.29 is 9.59 Å². The average Bonchev–Trinajstić information content (AvgIpc) is 2.33. The summed E-state index contributed by atoms with van der Waals surface area (Å²) in [5, 5.41) is 5.94. The molecule has 0 aliphatic carbocycles. The van der Waals surface area contributed by atoms with Gasteiger partial charge in [0.2, 0.25) is 11.8 Å². The molecule has 6 heteroatoms. The van der Waals surface area contributed by atoms with Crippen LogP contribution in [0, 0.1) is 5.41 Å². The van der Waals surface area contributed by atoms with Gasteiger partial charge >= 0.3 is 0 Å². The Morgan fingerprint density at radius 1 is 1.15 bits per heavy atom. The van der Waals surface area contributed by atoms with Crippen molar-refractivity contribution in [1.82, 2.24) is 5.32 Å². The molecule has 0 unspecified atom stereocenters. The minimum atomic E-state index is -1.21. The van der Waals surface area contributed by atoms with Crippen LogP contribution in [0.3, 0.4) is 0 Å². The summed E-state index contributed by atoms with van der Waals surface area (Å²) in [6.07, 6.45) is 0. The largest absolute Gasteiger partial charge is 0.353 e. The average molecular weight is 317 g/mol. The lowest BCUT2D eigenvalue weighted by atomic mass is 9.90. The molecular weight excluding hydrogens is 299 g/mol. The van der Waals surface area contributed by atoms with Crippen LogP contribution in [0.2, 0.25) is 10.0 Å². The molecule has 4 nitrogen and oxygen atoms in total. The van der Waals surface area contributed by atoms with E-state index in [0.717, 1.165) is 0 Å². The van der Waals surface area contributed by atoms with Crippen LogP contribution >= 0.6 is 23.2 Å². The molecule has 20 heavy (non-hydrogen) atoms.